The number of primary amides is 1. The lowest BCUT2D eigenvalue weighted by molar-refractivity contribution is -0.139. The average molecular weight is 1040 g/mol. The van der Waals surface area contributed by atoms with E-state index in [0.717, 1.165) is 6.92 Å². The first kappa shape index (κ1) is 65.7. The summed E-state index contributed by atoms with van der Waals surface area (Å²) in [4.78, 5) is 150. The maximum absolute atomic E-state index is 14.0. The van der Waals surface area contributed by atoms with Crippen molar-refractivity contribution in [2.24, 2.45) is 56.2 Å². The van der Waals surface area contributed by atoms with E-state index in [1.807, 2.05) is 0 Å². The lowest BCUT2D eigenvalue weighted by Crippen LogP contribution is -2.60. The zero-order valence-corrected chi connectivity index (χ0v) is 42.5. The molecule has 0 saturated carbocycles. The van der Waals surface area contributed by atoms with Crippen molar-refractivity contribution in [3.8, 4) is 0 Å². The van der Waals surface area contributed by atoms with E-state index < -0.39 is 139 Å². The van der Waals surface area contributed by atoms with Gasteiger partial charge in [0.1, 0.15) is 42.3 Å². The zero-order valence-electron chi connectivity index (χ0n) is 42.5. The molecule has 0 saturated heterocycles. The number of unbranched alkanes of at least 4 members (excludes halogenated alkanes) is 1. The first-order chi connectivity index (χ1) is 34.2. The summed E-state index contributed by atoms with van der Waals surface area (Å²) in [6.45, 7) is 7.62. The van der Waals surface area contributed by atoms with Crippen molar-refractivity contribution in [2.45, 2.75) is 160 Å². The molecule has 0 aromatic carbocycles. The quantitative estimate of drug-likeness (QED) is 0.0156. The molecule has 0 radical (unpaired) electrons. The van der Waals surface area contributed by atoms with Crippen LogP contribution >= 0.6 is 0 Å². The predicted molar refractivity (Wildman–Crippen MR) is 267 cm³/mol. The number of carbonyl (C=O) groups excluding carboxylic acids is 9. The molecular formula is C44H80N16O13. The molecule has 0 unspecified atom stereocenters. The zero-order chi connectivity index (χ0) is 55.8. The van der Waals surface area contributed by atoms with Gasteiger partial charge in [0.2, 0.25) is 53.2 Å². The molecule has 22 N–H and O–H groups in total. The fourth-order valence-electron chi connectivity index (χ4n) is 6.91. The smallest absolute Gasteiger partial charge is 0.303 e. The van der Waals surface area contributed by atoms with Crippen LogP contribution in [0.15, 0.2) is 9.98 Å². The highest BCUT2D eigenvalue weighted by atomic mass is 16.4. The lowest BCUT2D eigenvalue weighted by Gasteiger charge is -2.29. The van der Waals surface area contributed by atoms with Crippen molar-refractivity contribution in [3.63, 3.8) is 0 Å². The molecule has 0 heterocycles. The van der Waals surface area contributed by atoms with Crippen LogP contribution in [0.25, 0.3) is 0 Å². The molecule has 9 amide bonds. The van der Waals surface area contributed by atoms with E-state index in [2.05, 4.69) is 52.5 Å². The van der Waals surface area contributed by atoms with Crippen molar-refractivity contribution in [3.05, 3.63) is 0 Å². The van der Waals surface area contributed by atoms with E-state index in [4.69, 9.17) is 34.4 Å². The number of guanidine groups is 2. The Labute approximate surface area is 424 Å². The number of carbonyl (C=O) groups is 11. The maximum atomic E-state index is 14.0. The van der Waals surface area contributed by atoms with Gasteiger partial charge in [-0.15, -0.1) is 0 Å². The second-order valence-corrected chi connectivity index (χ2v) is 17.8. The van der Waals surface area contributed by atoms with E-state index in [9.17, 15) is 63.0 Å². The van der Waals surface area contributed by atoms with Crippen LogP contribution in [0, 0.1) is 11.8 Å². The number of carboxylic acid groups (broad SMARTS) is 2. The molecule has 0 spiro atoms. The van der Waals surface area contributed by atoms with Crippen molar-refractivity contribution in [1.82, 2.24) is 42.5 Å². The molecule has 0 aromatic heterocycles. The molecule has 0 fully saturated rings. The Morgan fingerprint density at radius 3 is 1.36 bits per heavy atom. The number of rotatable bonds is 38. The molecule has 0 rings (SSSR count). The Balaban J connectivity index is 6.45. The summed E-state index contributed by atoms with van der Waals surface area (Å²) in [5.41, 5.74) is 32.8. The van der Waals surface area contributed by atoms with Crippen molar-refractivity contribution < 1.29 is 63.0 Å². The largest absolute Gasteiger partial charge is 0.481 e. The third-order valence-electron chi connectivity index (χ3n) is 11.0. The molecule has 8 atom stereocenters. The molecule has 414 valence electrons. The number of nitrogens with zero attached hydrogens (tertiary/aromatic N) is 2. The van der Waals surface area contributed by atoms with E-state index in [0.29, 0.717) is 19.4 Å². The van der Waals surface area contributed by atoms with Crippen LogP contribution in [0.4, 0.5) is 0 Å². The summed E-state index contributed by atoms with van der Waals surface area (Å²) in [7, 11) is 0. The van der Waals surface area contributed by atoms with Crippen LogP contribution in [0.5, 0.6) is 0 Å². The number of carboxylic acids is 2. The number of hydrogen-bond acceptors (Lipinski definition) is 14. The van der Waals surface area contributed by atoms with Gasteiger partial charge in [0.15, 0.2) is 11.9 Å². The van der Waals surface area contributed by atoms with Crippen LogP contribution < -0.4 is 76.9 Å². The Kier molecular flexibility index (Phi) is 32.1. The molecule has 29 heteroatoms. The second-order valence-electron chi connectivity index (χ2n) is 17.8. The van der Waals surface area contributed by atoms with Crippen LogP contribution in [0.3, 0.4) is 0 Å². The SMILES string of the molecule is CC[C@H](C)[C@H](NC(=O)[C@H](CCCN=C(N)N)NC(=O)[C@H](CCC(=O)O)NC(C)=O)C(=O)N[C@@H](CCC(=O)O)C(=O)NCC(=O)N[C@@H](CC(C)C)C(=O)N[C@@H](CCCN=C(N)N)C(=O)N[C@@H](CCCCN)C(N)=O. The Morgan fingerprint density at radius 1 is 0.507 bits per heavy atom. The minimum atomic E-state index is -1.59. The van der Waals surface area contributed by atoms with Gasteiger partial charge in [-0.3, -0.25) is 62.7 Å². The van der Waals surface area contributed by atoms with Gasteiger partial charge in [0, 0.05) is 32.9 Å². The van der Waals surface area contributed by atoms with Gasteiger partial charge < -0.3 is 87.1 Å². The third-order valence-corrected chi connectivity index (χ3v) is 11.0. The molecule has 0 bridgehead atoms. The van der Waals surface area contributed by atoms with Gasteiger partial charge in [-0.25, -0.2) is 0 Å². The molecule has 0 aliphatic carbocycles. The van der Waals surface area contributed by atoms with Gasteiger partial charge in [-0.05, 0) is 82.6 Å². The summed E-state index contributed by atoms with van der Waals surface area (Å²) in [5, 5.41) is 38.6. The van der Waals surface area contributed by atoms with E-state index in [-0.39, 0.29) is 82.3 Å². The molecule has 73 heavy (non-hydrogen) atoms. The first-order valence-corrected chi connectivity index (χ1v) is 24.1. The van der Waals surface area contributed by atoms with E-state index >= 15 is 0 Å². The Bertz CT molecular complexity index is 1930. The summed E-state index contributed by atoms with van der Waals surface area (Å²) in [6, 6.07) is -9.32. The van der Waals surface area contributed by atoms with Crippen LogP contribution in [0.1, 0.15) is 118 Å². The highest BCUT2D eigenvalue weighted by Gasteiger charge is 2.35. The number of amides is 9. The van der Waals surface area contributed by atoms with Crippen LogP contribution in [-0.2, 0) is 52.7 Å². The van der Waals surface area contributed by atoms with Crippen LogP contribution in [-0.4, -0.2) is 156 Å². The van der Waals surface area contributed by atoms with E-state index in [1.54, 1.807) is 27.7 Å². The van der Waals surface area contributed by atoms with Crippen molar-refractivity contribution in [2.75, 3.05) is 26.2 Å². The second kappa shape index (κ2) is 35.7. The minimum Gasteiger partial charge on any atom is -0.481 e. The van der Waals surface area contributed by atoms with E-state index in [1.165, 1.54) is 0 Å². The Morgan fingerprint density at radius 2 is 0.932 bits per heavy atom. The number of aliphatic carboxylic acids is 2. The first-order valence-electron chi connectivity index (χ1n) is 24.1. The average Bonchev–Trinajstić information content (AvgIpc) is 3.30. The number of nitrogens with two attached hydrogens (primary N) is 6. The highest BCUT2D eigenvalue weighted by Crippen LogP contribution is 2.13. The van der Waals surface area contributed by atoms with Gasteiger partial charge in [0.25, 0.3) is 0 Å². The Hall–Kier alpha value is -7.33. The van der Waals surface area contributed by atoms with Gasteiger partial charge in [-0.2, -0.15) is 0 Å². The number of aliphatic imine (C=N–C) groups is 2. The van der Waals surface area contributed by atoms with Crippen molar-refractivity contribution in [1.29, 1.82) is 0 Å². The summed E-state index contributed by atoms with van der Waals surface area (Å²) in [6.07, 6.45) is -0.136. The molecule has 0 aliphatic rings. The summed E-state index contributed by atoms with van der Waals surface area (Å²) >= 11 is 0. The molecule has 29 nitrogen and oxygen atoms in total. The van der Waals surface area contributed by atoms with Crippen LogP contribution in [0.2, 0.25) is 0 Å². The minimum absolute atomic E-state index is 0.000436. The molecular weight excluding hydrogens is 961 g/mol. The topological polar surface area (TPSA) is 505 Å². The summed E-state index contributed by atoms with van der Waals surface area (Å²) in [5.74, 6) is -11.5. The fraction of sp³-hybridized carbons (Fsp3) is 0.705. The summed E-state index contributed by atoms with van der Waals surface area (Å²) < 4.78 is 0. The molecule has 0 aromatic rings. The van der Waals surface area contributed by atoms with Gasteiger partial charge >= 0.3 is 11.9 Å². The van der Waals surface area contributed by atoms with Gasteiger partial charge in [0.05, 0.1) is 6.54 Å². The fourth-order valence-corrected chi connectivity index (χ4v) is 6.91. The maximum Gasteiger partial charge on any atom is 0.303 e. The molecule has 0 aliphatic heterocycles. The van der Waals surface area contributed by atoms with Gasteiger partial charge in [-0.1, -0.05) is 34.1 Å². The van der Waals surface area contributed by atoms with Crippen molar-refractivity contribution >= 4 is 77.0 Å². The predicted octanol–water partition coefficient (Wildman–Crippen LogP) is -4.94. The number of hydrogen-bond donors (Lipinski definition) is 16. The lowest BCUT2D eigenvalue weighted by atomic mass is 9.96. The third kappa shape index (κ3) is 29.6. The monoisotopic (exact) mass is 1040 g/mol. The standard InChI is InChI=1S/C44H80N16O13/c1-6-24(4)35(60-40(71)28(13-10-20-52-44(49)50)57-39(70)30(54-25(5)61)15-17-34(65)66)42(73)59-29(14-16-33(63)64)37(68)53-22-32(62)55-31(21-23(2)3)41(72)58-27(12-9-19-51-43(47)48)38(69)56-26(36(46)67)11-7-8-18-45/h23-24,26-31,35H,6-22,45H2,1-5H3,(H2,46,67)(H,53,68)(H,54,61)(H,55,62)(H,56,69)(H,57,70)(H,58,72)(H,59,73)(H,60,71)(H,63,64)(H,65,66)(H4,47,48,51)(H4,49,50,52)/t24-,26-,27-,28-,29-,30-,31-,35-/m0/s1. The highest BCUT2D eigenvalue weighted by molar-refractivity contribution is 5.97. The normalized spacial score (nSPS) is 14.1. The number of nitrogens with one attached hydrogen (secondary N) is 8.